The van der Waals surface area contributed by atoms with Crippen LogP contribution < -0.4 is 0 Å². The third kappa shape index (κ3) is 2.69. The van der Waals surface area contributed by atoms with Crippen LogP contribution in [0.25, 0.3) is 0 Å². The Kier molecular flexibility index (Phi) is 3.50. The third-order valence-corrected chi connectivity index (χ3v) is 4.88. The highest BCUT2D eigenvalue weighted by atomic mass is 16.5. The lowest BCUT2D eigenvalue weighted by molar-refractivity contribution is -0.170. The molecule has 0 unspecified atom stereocenters. The number of carbonyl (C=O) groups is 2. The first-order valence-electron chi connectivity index (χ1n) is 7.02. The Morgan fingerprint density at radius 3 is 2.47 bits per heavy atom. The van der Waals surface area contributed by atoms with Gasteiger partial charge in [-0.1, -0.05) is 20.8 Å². The van der Waals surface area contributed by atoms with Crippen LogP contribution in [0.5, 0.6) is 0 Å². The van der Waals surface area contributed by atoms with E-state index in [-0.39, 0.29) is 29.2 Å². The molecular weight excluding hydrogens is 244 g/mol. The van der Waals surface area contributed by atoms with Gasteiger partial charge in [-0.3, -0.25) is 9.59 Å². The highest BCUT2D eigenvalue weighted by Crippen LogP contribution is 2.54. The minimum absolute atomic E-state index is 0.00643. The lowest BCUT2D eigenvalue weighted by Crippen LogP contribution is -2.55. The molecule has 4 nitrogen and oxygen atoms in total. The van der Waals surface area contributed by atoms with Gasteiger partial charge in [-0.15, -0.1) is 0 Å². The van der Waals surface area contributed by atoms with E-state index >= 15 is 0 Å². The van der Waals surface area contributed by atoms with Crippen LogP contribution in [0.4, 0.5) is 0 Å². The van der Waals surface area contributed by atoms with Crippen LogP contribution in [0, 0.1) is 16.7 Å². The molecule has 2 rings (SSSR count). The predicted molar refractivity (Wildman–Crippen MR) is 70.4 cm³/mol. The molecule has 0 saturated heterocycles. The van der Waals surface area contributed by atoms with Gasteiger partial charge in [-0.25, -0.2) is 0 Å². The Morgan fingerprint density at radius 2 is 1.89 bits per heavy atom. The fourth-order valence-corrected chi connectivity index (χ4v) is 3.87. The van der Waals surface area contributed by atoms with Crippen molar-refractivity contribution in [1.29, 1.82) is 0 Å². The summed E-state index contributed by atoms with van der Waals surface area (Å²) in [6.07, 6.45) is 1.50. The number of aliphatic hydroxyl groups is 1. The first-order valence-corrected chi connectivity index (χ1v) is 7.02. The Hall–Kier alpha value is -0.900. The maximum Gasteiger partial charge on any atom is 0.302 e. The number of hydrogen-bond donors (Lipinski definition) is 1. The molecule has 0 aromatic rings. The molecule has 2 aliphatic rings. The van der Waals surface area contributed by atoms with Gasteiger partial charge in [0.1, 0.15) is 11.9 Å². The summed E-state index contributed by atoms with van der Waals surface area (Å²) >= 11 is 0. The van der Waals surface area contributed by atoms with Crippen molar-refractivity contribution in [3.05, 3.63) is 0 Å². The van der Waals surface area contributed by atoms with Crippen LogP contribution in [0.1, 0.15) is 53.4 Å². The summed E-state index contributed by atoms with van der Waals surface area (Å²) < 4.78 is 5.21. The quantitative estimate of drug-likeness (QED) is 0.740. The van der Waals surface area contributed by atoms with Gasteiger partial charge in [0, 0.05) is 24.7 Å². The van der Waals surface area contributed by atoms with Crippen LogP contribution in [0.3, 0.4) is 0 Å². The van der Waals surface area contributed by atoms with Gasteiger partial charge in [0.2, 0.25) is 0 Å². The Labute approximate surface area is 114 Å². The predicted octanol–water partition coefficient (Wildman–Crippen LogP) is 2.08. The van der Waals surface area contributed by atoms with Gasteiger partial charge in [0.05, 0.1) is 6.10 Å². The van der Waals surface area contributed by atoms with E-state index in [4.69, 9.17) is 4.74 Å². The molecule has 0 spiro atoms. The molecule has 0 heterocycles. The summed E-state index contributed by atoms with van der Waals surface area (Å²) in [5.41, 5.74) is -0.460. The van der Waals surface area contributed by atoms with Gasteiger partial charge >= 0.3 is 5.97 Å². The second kappa shape index (κ2) is 4.58. The largest absolute Gasteiger partial charge is 0.462 e. The number of hydrogen-bond acceptors (Lipinski definition) is 4. The summed E-state index contributed by atoms with van der Waals surface area (Å²) in [4.78, 5) is 23.4. The maximum atomic E-state index is 12.4. The van der Waals surface area contributed by atoms with E-state index in [0.717, 1.165) is 6.42 Å². The van der Waals surface area contributed by atoms with Crippen molar-refractivity contribution in [2.45, 2.75) is 65.6 Å². The number of ether oxygens (including phenoxy) is 1. The van der Waals surface area contributed by atoms with Crippen molar-refractivity contribution in [1.82, 2.24) is 0 Å². The highest BCUT2D eigenvalue weighted by Gasteiger charge is 2.55. The fraction of sp³-hybridized carbons (Fsp3) is 0.867. The molecule has 2 saturated carbocycles. The number of fused-ring (bicyclic) bond motifs is 1. The van der Waals surface area contributed by atoms with Crippen LogP contribution in [-0.4, -0.2) is 29.1 Å². The minimum Gasteiger partial charge on any atom is -0.462 e. The zero-order valence-electron chi connectivity index (χ0n) is 12.2. The first-order chi connectivity index (χ1) is 8.64. The van der Waals surface area contributed by atoms with Crippen molar-refractivity contribution >= 4 is 11.8 Å². The van der Waals surface area contributed by atoms with Gasteiger partial charge < -0.3 is 9.84 Å². The fourth-order valence-electron chi connectivity index (χ4n) is 3.87. The molecule has 2 aliphatic carbocycles. The second-order valence-corrected chi connectivity index (χ2v) is 7.25. The summed E-state index contributed by atoms with van der Waals surface area (Å²) in [5, 5.41) is 10.5. The van der Waals surface area contributed by atoms with Crippen molar-refractivity contribution in [2.24, 2.45) is 16.7 Å². The molecular formula is C15H24O4. The molecule has 0 aromatic heterocycles. The lowest BCUT2D eigenvalue weighted by atomic mass is 9.53. The topological polar surface area (TPSA) is 63.6 Å². The molecule has 0 aliphatic heterocycles. The Morgan fingerprint density at radius 1 is 1.26 bits per heavy atom. The minimum atomic E-state index is -0.511. The van der Waals surface area contributed by atoms with E-state index in [1.54, 1.807) is 0 Å². The van der Waals surface area contributed by atoms with Crippen LogP contribution >= 0.6 is 0 Å². The average molecular weight is 268 g/mol. The molecule has 0 bridgehead atoms. The molecule has 0 aromatic carbocycles. The van der Waals surface area contributed by atoms with E-state index in [0.29, 0.717) is 19.3 Å². The van der Waals surface area contributed by atoms with Crippen molar-refractivity contribution in [2.75, 3.05) is 0 Å². The number of rotatable bonds is 1. The summed E-state index contributed by atoms with van der Waals surface area (Å²) in [6.45, 7) is 7.52. The molecule has 0 radical (unpaired) electrons. The van der Waals surface area contributed by atoms with Gasteiger partial charge in [0.15, 0.2) is 0 Å². The molecule has 4 heteroatoms. The molecule has 2 fully saturated rings. The zero-order chi connectivity index (χ0) is 14.4. The molecule has 108 valence electrons. The number of esters is 1. The summed E-state index contributed by atoms with van der Waals surface area (Å²) in [7, 11) is 0. The van der Waals surface area contributed by atoms with E-state index in [1.165, 1.54) is 6.92 Å². The van der Waals surface area contributed by atoms with E-state index in [1.807, 2.05) is 6.92 Å². The average Bonchev–Trinajstić information content (AvgIpc) is 2.20. The van der Waals surface area contributed by atoms with Crippen LogP contribution in [0.15, 0.2) is 0 Å². The van der Waals surface area contributed by atoms with Crippen LogP contribution in [0.2, 0.25) is 0 Å². The number of carbonyl (C=O) groups excluding carboxylic acids is 2. The van der Waals surface area contributed by atoms with Crippen molar-refractivity contribution < 1.29 is 19.4 Å². The third-order valence-electron chi connectivity index (χ3n) is 4.88. The maximum absolute atomic E-state index is 12.4. The second-order valence-electron chi connectivity index (χ2n) is 7.25. The summed E-state index contributed by atoms with van der Waals surface area (Å²) in [6, 6.07) is 0. The van der Waals surface area contributed by atoms with E-state index in [2.05, 4.69) is 13.8 Å². The molecule has 4 atom stereocenters. The van der Waals surface area contributed by atoms with Crippen molar-refractivity contribution in [3.63, 3.8) is 0 Å². The van der Waals surface area contributed by atoms with E-state index < -0.39 is 11.5 Å². The molecule has 19 heavy (non-hydrogen) atoms. The normalized spacial score (nSPS) is 41.5. The monoisotopic (exact) mass is 268 g/mol. The van der Waals surface area contributed by atoms with Gasteiger partial charge in [-0.05, 0) is 24.7 Å². The van der Waals surface area contributed by atoms with Gasteiger partial charge in [-0.2, -0.15) is 0 Å². The molecule has 1 N–H and O–H groups in total. The van der Waals surface area contributed by atoms with Crippen LogP contribution in [-0.2, 0) is 14.3 Å². The highest BCUT2D eigenvalue weighted by molar-refractivity contribution is 5.84. The SMILES string of the molecule is CC(=O)O[C@H]1CC(=O)[C@@H]2CC(C)(C)C[C@H](O)[C@@]2(C)C1. The van der Waals surface area contributed by atoms with Crippen molar-refractivity contribution in [3.8, 4) is 0 Å². The first kappa shape index (κ1) is 14.5. The summed E-state index contributed by atoms with van der Waals surface area (Å²) in [5.74, 6) is -0.338. The number of aliphatic hydroxyl groups excluding tert-OH is 1. The number of ketones is 1. The number of Topliss-reactive ketones (excluding diaryl/α,β-unsaturated/α-hetero) is 1. The molecule has 0 amide bonds. The van der Waals surface area contributed by atoms with Gasteiger partial charge in [0.25, 0.3) is 0 Å². The van der Waals surface area contributed by atoms with E-state index in [9.17, 15) is 14.7 Å². The zero-order valence-corrected chi connectivity index (χ0v) is 12.2. The smallest absolute Gasteiger partial charge is 0.302 e. The standard InChI is InChI=1S/C15H24O4/c1-9(16)19-10-5-12(17)11-7-14(2,3)8-13(18)15(11,4)6-10/h10-11,13,18H,5-8H2,1-4H3/t10-,11-,13-,15-/m0/s1. The Balaban J connectivity index is 2.23. The lowest BCUT2D eigenvalue weighted by Gasteiger charge is -2.53. The Bertz CT molecular complexity index is 401.